The third-order valence-electron chi connectivity index (χ3n) is 9.43. The summed E-state index contributed by atoms with van der Waals surface area (Å²) in [6, 6.07) is 12.7. The maximum atomic E-state index is 16.2. The molecule has 4 heterocycles. The van der Waals surface area contributed by atoms with Gasteiger partial charge in [0.1, 0.15) is 18.0 Å². The molecule has 1 spiro atoms. The van der Waals surface area contributed by atoms with Crippen LogP contribution in [0.1, 0.15) is 40.2 Å². The highest BCUT2D eigenvalue weighted by atomic mass is 35.5. The number of fused-ring (bicyclic) bond motifs is 6. The molecule has 12 heteroatoms. The summed E-state index contributed by atoms with van der Waals surface area (Å²) in [4.78, 5) is 28.3. The normalized spacial score (nSPS) is 26.1. The molecule has 8 rings (SSSR count). The summed E-state index contributed by atoms with van der Waals surface area (Å²) in [5.74, 6) is -2.15. The number of aromatic carboxylic acids is 1. The summed E-state index contributed by atoms with van der Waals surface area (Å²) in [7, 11) is 0. The topological polar surface area (TPSA) is 96.7 Å². The van der Waals surface area contributed by atoms with E-state index in [1.807, 2.05) is 6.07 Å². The fourth-order valence-electron chi connectivity index (χ4n) is 7.53. The Morgan fingerprint density at radius 2 is 1.93 bits per heavy atom. The van der Waals surface area contributed by atoms with Crippen molar-refractivity contribution in [3.63, 3.8) is 0 Å². The van der Waals surface area contributed by atoms with Crippen molar-refractivity contribution in [3.8, 4) is 5.88 Å². The van der Waals surface area contributed by atoms with E-state index in [2.05, 4.69) is 10.2 Å². The van der Waals surface area contributed by atoms with Gasteiger partial charge >= 0.3 is 5.97 Å². The maximum Gasteiger partial charge on any atom is 0.335 e. The number of hydrogen-bond donors (Lipinski definition) is 2. The van der Waals surface area contributed by atoms with Crippen molar-refractivity contribution in [1.29, 1.82) is 0 Å². The molecule has 43 heavy (non-hydrogen) atoms. The molecule has 1 amide bonds. The zero-order valence-electron chi connectivity index (χ0n) is 22.5. The summed E-state index contributed by atoms with van der Waals surface area (Å²) < 4.78 is 24.4. The van der Waals surface area contributed by atoms with E-state index >= 15 is 4.39 Å². The predicted octanol–water partition coefficient (Wildman–Crippen LogP) is 6.57. The van der Waals surface area contributed by atoms with Crippen LogP contribution in [-0.2, 0) is 16.9 Å². The van der Waals surface area contributed by atoms with Crippen LogP contribution in [0.2, 0.25) is 15.1 Å². The van der Waals surface area contributed by atoms with Crippen LogP contribution in [0.3, 0.4) is 0 Å². The van der Waals surface area contributed by atoms with Crippen molar-refractivity contribution in [2.75, 3.05) is 18.5 Å². The molecule has 4 aliphatic rings. The summed E-state index contributed by atoms with van der Waals surface area (Å²) >= 11 is 19.2. The van der Waals surface area contributed by atoms with Gasteiger partial charge in [0.25, 0.3) is 0 Å². The maximum absolute atomic E-state index is 16.2. The van der Waals surface area contributed by atoms with Crippen LogP contribution in [0.25, 0.3) is 10.9 Å². The highest BCUT2D eigenvalue weighted by Gasteiger charge is 2.68. The van der Waals surface area contributed by atoms with Crippen LogP contribution in [0.15, 0.2) is 48.5 Å². The summed E-state index contributed by atoms with van der Waals surface area (Å²) in [6.07, 6.45) is 2.08. The Kier molecular flexibility index (Phi) is 6.05. The third kappa shape index (κ3) is 3.94. The molecule has 4 aromatic rings. The molecular formula is C31H24Cl3FN4O4. The fourth-order valence-corrected chi connectivity index (χ4v) is 8.21. The Morgan fingerprint density at radius 3 is 2.70 bits per heavy atom. The van der Waals surface area contributed by atoms with Gasteiger partial charge in [-0.3, -0.25) is 9.69 Å². The van der Waals surface area contributed by atoms with Gasteiger partial charge < -0.3 is 15.2 Å². The van der Waals surface area contributed by atoms with Gasteiger partial charge in [-0.1, -0.05) is 40.9 Å². The van der Waals surface area contributed by atoms with Gasteiger partial charge in [-0.05, 0) is 66.8 Å². The molecule has 1 aromatic heterocycles. The smallest absolute Gasteiger partial charge is 0.335 e. The number of anilines is 1. The first-order valence-electron chi connectivity index (χ1n) is 14.1. The van der Waals surface area contributed by atoms with E-state index in [4.69, 9.17) is 44.6 Å². The Morgan fingerprint density at radius 1 is 1.12 bits per heavy atom. The standard InChI is InChI=1S/C31H24Cl3FN4O4/c32-16-4-6-21-24(10-16)36-30(42)31(21)26(19-8-17(33)9-22(34)27(19)35)20-12-39-28(43-13-25(20)38(31)11-14-1-2-14)18-5-3-15(29(40)41)7-23(18)37-39/h3-10,14,20,25-26H,1-2,11-13H2,(H,36,42)(H,40,41)/t20-,25+,26+,31-/m1/s1. The number of carbonyl (C=O) groups excluding carboxylic acids is 1. The van der Waals surface area contributed by atoms with E-state index in [0.29, 0.717) is 45.5 Å². The lowest BCUT2D eigenvalue weighted by Gasteiger charge is -2.40. The average Bonchev–Trinajstić information content (AvgIpc) is 3.63. The van der Waals surface area contributed by atoms with Gasteiger partial charge in [0.15, 0.2) is 0 Å². The van der Waals surface area contributed by atoms with Crippen LogP contribution in [0.5, 0.6) is 5.88 Å². The summed E-state index contributed by atoms with van der Waals surface area (Å²) in [5.41, 5.74) is 0.839. The Hall–Kier alpha value is -3.37. The Balaban J connectivity index is 1.37. The zero-order valence-corrected chi connectivity index (χ0v) is 24.8. The molecule has 1 saturated carbocycles. The number of halogens is 4. The van der Waals surface area contributed by atoms with Crippen molar-refractivity contribution in [3.05, 3.63) is 86.1 Å². The van der Waals surface area contributed by atoms with Gasteiger partial charge in [0.05, 0.1) is 27.5 Å². The van der Waals surface area contributed by atoms with E-state index in [-0.39, 0.29) is 52.2 Å². The number of hydrogen-bond acceptors (Lipinski definition) is 5. The number of ether oxygens (including phenoxy) is 1. The largest absolute Gasteiger partial charge is 0.478 e. The lowest BCUT2D eigenvalue weighted by molar-refractivity contribution is -0.128. The lowest BCUT2D eigenvalue weighted by atomic mass is 9.71. The number of amides is 1. The highest BCUT2D eigenvalue weighted by Crippen LogP contribution is 2.62. The molecule has 1 aliphatic carbocycles. The molecule has 0 radical (unpaired) electrons. The number of rotatable bonds is 4. The number of aromatic nitrogens is 2. The minimum absolute atomic E-state index is 0.112. The van der Waals surface area contributed by atoms with Crippen molar-refractivity contribution < 1.29 is 23.8 Å². The molecule has 3 aliphatic heterocycles. The van der Waals surface area contributed by atoms with Crippen LogP contribution >= 0.6 is 34.8 Å². The second-order valence-corrected chi connectivity index (χ2v) is 13.1. The fraction of sp³-hybridized carbons (Fsp3) is 0.323. The first kappa shape index (κ1) is 27.2. The molecule has 0 unspecified atom stereocenters. The van der Waals surface area contributed by atoms with E-state index in [0.717, 1.165) is 12.8 Å². The number of nitrogens with zero attached hydrogens (tertiary/aromatic N) is 3. The second-order valence-electron chi connectivity index (χ2n) is 11.8. The van der Waals surface area contributed by atoms with Crippen LogP contribution in [0, 0.1) is 17.7 Å². The molecule has 220 valence electrons. The quantitative estimate of drug-likeness (QED) is 0.245. The van der Waals surface area contributed by atoms with Crippen molar-refractivity contribution in [2.45, 2.75) is 36.9 Å². The Labute approximate surface area is 260 Å². The number of benzene rings is 3. The molecule has 2 N–H and O–H groups in total. The summed E-state index contributed by atoms with van der Waals surface area (Å²) in [5, 5.41) is 18.6. The lowest BCUT2D eigenvalue weighted by Crippen LogP contribution is -2.53. The van der Waals surface area contributed by atoms with E-state index < -0.39 is 23.2 Å². The molecule has 1 saturated heterocycles. The highest BCUT2D eigenvalue weighted by molar-refractivity contribution is 6.34. The van der Waals surface area contributed by atoms with Gasteiger partial charge in [-0.25, -0.2) is 13.9 Å². The molecule has 2 fully saturated rings. The second kappa shape index (κ2) is 9.56. The van der Waals surface area contributed by atoms with E-state index in [1.165, 1.54) is 18.2 Å². The van der Waals surface area contributed by atoms with Crippen LogP contribution < -0.4 is 10.1 Å². The van der Waals surface area contributed by atoms with E-state index in [9.17, 15) is 14.7 Å². The molecule has 4 atom stereocenters. The summed E-state index contributed by atoms with van der Waals surface area (Å²) in [6.45, 7) is 1.12. The van der Waals surface area contributed by atoms with E-state index in [1.54, 1.807) is 28.9 Å². The average molecular weight is 642 g/mol. The third-order valence-corrected chi connectivity index (χ3v) is 10.2. The zero-order chi connectivity index (χ0) is 29.8. The van der Waals surface area contributed by atoms with Gasteiger partial charge in [-0.15, -0.1) is 0 Å². The van der Waals surface area contributed by atoms with Crippen molar-refractivity contribution in [1.82, 2.24) is 14.7 Å². The SMILES string of the molecule is O=C(O)c1ccc2c3n(nc2c1)C[C@@H]1[C@H](CO3)N(CC2CC2)[C@@]2(C(=O)Nc3cc(Cl)ccc32)[C@H]1c1cc(Cl)cc(Cl)c1F. The van der Waals surface area contributed by atoms with Crippen molar-refractivity contribution in [2.24, 2.45) is 11.8 Å². The first-order chi connectivity index (χ1) is 20.7. The Bertz CT molecular complexity index is 1880. The molecule has 8 nitrogen and oxygen atoms in total. The van der Waals surface area contributed by atoms with Gasteiger partial charge in [-0.2, -0.15) is 5.10 Å². The molecule has 3 aromatic carbocycles. The first-order valence-corrected chi connectivity index (χ1v) is 15.2. The predicted molar refractivity (Wildman–Crippen MR) is 160 cm³/mol. The number of carboxylic acids is 1. The number of nitrogens with one attached hydrogen (secondary N) is 1. The number of carbonyl (C=O) groups is 2. The number of carboxylic acid groups (broad SMARTS) is 1. The monoisotopic (exact) mass is 640 g/mol. The van der Waals surface area contributed by atoms with Crippen LogP contribution in [0.4, 0.5) is 10.1 Å². The molecule has 0 bridgehead atoms. The van der Waals surface area contributed by atoms with Crippen LogP contribution in [-0.4, -0.2) is 50.9 Å². The minimum atomic E-state index is -1.30. The minimum Gasteiger partial charge on any atom is -0.478 e. The molecular weight excluding hydrogens is 618 g/mol. The van der Waals surface area contributed by atoms with Gasteiger partial charge in [0, 0.05) is 46.2 Å². The number of likely N-dealkylation sites (tertiary alicyclic amines) is 1. The van der Waals surface area contributed by atoms with Gasteiger partial charge in [0.2, 0.25) is 11.8 Å². The van der Waals surface area contributed by atoms with Crippen molar-refractivity contribution >= 4 is 63.3 Å².